The molecule has 11 rings (SSSR count). The Morgan fingerprint density at radius 3 is 1.88 bits per heavy atom. The van der Waals surface area contributed by atoms with Crippen LogP contribution < -0.4 is 4.90 Å². The van der Waals surface area contributed by atoms with Crippen LogP contribution in [-0.4, -0.2) is 4.57 Å². The fourth-order valence-corrected chi connectivity index (χ4v) is 9.40. The molecule has 0 radical (unpaired) electrons. The highest BCUT2D eigenvalue weighted by Gasteiger charge is 2.22. The Bertz CT molecular complexity index is 3130. The highest BCUT2D eigenvalue weighted by atomic mass is 32.1. The molecule has 52 heavy (non-hydrogen) atoms. The van der Waals surface area contributed by atoms with Crippen molar-refractivity contribution >= 4 is 92.3 Å². The van der Waals surface area contributed by atoms with Crippen LogP contribution in [0.4, 0.5) is 17.1 Å². The summed E-state index contributed by atoms with van der Waals surface area (Å²) < 4.78 is 11.4. The minimum atomic E-state index is 0.873. The van der Waals surface area contributed by atoms with Gasteiger partial charge in [0.2, 0.25) is 0 Å². The molecule has 0 saturated carbocycles. The van der Waals surface area contributed by atoms with Gasteiger partial charge in [-0.2, -0.15) is 0 Å². The molecule has 0 aliphatic carbocycles. The third-order valence-electron chi connectivity index (χ3n) is 10.4. The summed E-state index contributed by atoms with van der Waals surface area (Å²) in [5, 5.41) is 7.24. The molecule has 0 unspecified atom stereocenters. The molecule has 4 heteroatoms. The second-order valence-electron chi connectivity index (χ2n) is 13.3. The van der Waals surface area contributed by atoms with Crippen LogP contribution in [0.1, 0.15) is 0 Å². The number of benzene rings is 8. The number of anilines is 3. The third kappa shape index (κ3) is 4.38. The average molecular weight is 683 g/mol. The summed E-state index contributed by atoms with van der Waals surface area (Å²) in [4.78, 5) is 2.42. The molecule has 0 spiro atoms. The van der Waals surface area contributed by atoms with E-state index >= 15 is 0 Å². The van der Waals surface area contributed by atoms with E-state index in [1.54, 1.807) is 0 Å². The van der Waals surface area contributed by atoms with E-state index in [9.17, 15) is 0 Å². The summed E-state index contributed by atoms with van der Waals surface area (Å²) in [6.07, 6.45) is 0. The lowest BCUT2D eigenvalue weighted by atomic mass is 10.0. The van der Waals surface area contributed by atoms with Crippen LogP contribution in [0.15, 0.2) is 186 Å². The van der Waals surface area contributed by atoms with Gasteiger partial charge < -0.3 is 13.9 Å². The standard InChI is InChI=1S/C48H30N2OS/c1-3-13-31(14-4-1)35-19-11-20-40-41-21-12-23-43(48(41)52-47(35)40)49(34-26-28-39-38-18-8-10-24-45(38)51-46(39)30-34)33-25-27-37-36-17-7-9-22-42(36)50(44(37)29-33)32-15-5-2-6-16-32/h1-30H. The van der Waals surface area contributed by atoms with Crippen molar-refractivity contribution in [2.24, 2.45) is 0 Å². The van der Waals surface area contributed by atoms with Crippen LogP contribution in [0.5, 0.6) is 0 Å². The van der Waals surface area contributed by atoms with Gasteiger partial charge in [0.05, 0.1) is 21.4 Å². The maximum absolute atomic E-state index is 6.47. The summed E-state index contributed by atoms with van der Waals surface area (Å²) in [7, 11) is 0. The van der Waals surface area contributed by atoms with Gasteiger partial charge >= 0.3 is 0 Å². The van der Waals surface area contributed by atoms with E-state index in [0.717, 1.165) is 50.2 Å². The van der Waals surface area contributed by atoms with E-state index in [-0.39, 0.29) is 0 Å². The highest BCUT2D eigenvalue weighted by molar-refractivity contribution is 7.27. The van der Waals surface area contributed by atoms with Gasteiger partial charge in [-0.05, 0) is 65.7 Å². The number of rotatable bonds is 5. The highest BCUT2D eigenvalue weighted by Crippen LogP contribution is 2.48. The molecular weight excluding hydrogens is 653 g/mol. The van der Waals surface area contributed by atoms with Crippen LogP contribution in [0.2, 0.25) is 0 Å². The SMILES string of the molecule is c1ccc(-c2cccc3c2sc2c(N(c4ccc5c(c4)oc4ccccc45)c4ccc5c6ccccc6n(-c6ccccc6)c5c4)cccc23)cc1. The quantitative estimate of drug-likeness (QED) is 0.180. The Labute approximate surface area is 303 Å². The van der Waals surface area contributed by atoms with Crippen molar-refractivity contribution in [3.05, 3.63) is 182 Å². The number of para-hydroxylation sites is 3. The molecule has 3 heterocycles. The molecule has 3 nitrogen and oxygen atoms in total. The van der Waals surface area contributed by atoms with Gasteiger partial charge in [0, 0.05) is 60.1 Å². The van der Waals surface area contributed by atoms with Crippen LogP contribution in [0, 0.1) is 0 Å². The van der Waals surface area contributed by atoms with Gasteiger partial charge in [-0.25, -0.2) is 0 Å². The topological polar surface area (TPSA) is 21.3 Å². The first-order valence-electron chi connectivity index (χ1n) is 17.6. The molecule has 0 atom stereocenters. The number of nitrogens with zero attached hydrogens (tertiary/aromatic N) is 2. The second kappa shape index (κ2) is 11.5. The van der Waals surface area contributed by atoms with Gasteiger partial charge in [0.15, 0.2) is 0 Å². The summed E-state index contributed by atoms with van der Waals surface area (Å²) in [6, 6.07) is 65.4. The lowest BCUT2D eigenvalue weighted by Gasteiger charge is -2.26. The van der Waals surface area contributed by atoms with Crippen molar-refractivity contribution < 1.29 is 4.42 Å². The van der Waals surface area contributed by atoms with Gasteiger partial charge in [0.1, 0.15) is 11.2 Å². The van der Waals surface area contributed by atoms with Crippen molar-refractivity contribution in [2.45, 2.75) is 0 Å². The second-order valence-corrected chi connectivity index (χ2v) is 14.3. The maximum Gasteiger partial charge on any atom is 0.137 e. The summed E-state index contributed by atoms with van der Waals surface area (Å²) in [5.74, 6) is 0. The zero-order valence-electron chi connectivity index (χ0n) is 28.0. The summed E-state index contributed by atoms with van der Waals surface area (Å²) in [6.45, 7) is 0. The molecule has 0 bridgehead atoms. The van der Waals surface area contributed by atoms with Crippen molar-refractivity contribution in [2.75, 3.05) is 4.90 Å². The normalized spacial score (nSPS) is 11.8. The van der Waals surface area contributed by atoms with Crippen LogP contribution in [0.3, 0.4) is 0 Å². The predicted molar refractivity (Wildman–Crippen MR) is 221 cm³/mol. The number of fused-ring (bicyclic) bond motifs is 9. The Balaban J connectivity index is 1.20. The summed E-state index contributed by atoms with van der Waals surface area (Å²) in [5.41, 5.74) is 11.0. The van der Waals surface area contributed by atoms with E-state index in [0.29, 0.717) is 0 Å². The molecule has 3 aromatic heterocycles. The van der Waals surface area contributed by atoms with Crippen molar-refractivity contribution in [1.29, 1.82) is 0 Å². The van der Waals surface area contributed by atoms with Crippen molar-refractivity contribution in [1.82, 2.24) is 4.57 Å². The van der Waals surface area contributed by atoms with Crippen LogP contribution in [-0.2, 0) is 0 Å². The minimum absolute atomic E-state index is 0.873. The van der Waals surface area contributed by atoms with E-state index < -0.39 is 0 Å². The Morgan fingerprint density at radius 2 is 1.04 bits per heavy atom. The maximum atomic E-state index is 6.47. The monoisotopic (exact) mass is 682 g/mol. The number of aromatic nitrogens is 1. The van der Waals surface area contributed by atoms with E-state index in [4.69, 9.17) is 4.42 Å². The van der Waals surface area contributed by atoms with E-state index in [2.05, 4.69) is 179 Å². The van der Waals surface area contributed by atoms with Gasteiger partial charge in [-0.3, -0.25) is 0 Å². The summed E-state index contributed by atoms with van der Waals surface area (Å²) >= 11 is 1.87. The molecule has 0 saturated heterocycles. The molecule has 11 aromatic rings. The first kappa shape index (κ1) is 29.1. The first-order chi connectivity index (χ1) is 25.8. The molecule has 244 valence electrons. The Hall–Kier alpha value is -6.62. The largest absolute Gasteiger partial charge is 0.456 e. The van der Waals surface area contributed by atoms with Crippen molar-refractivity contribution in [3.8, 4) is 16.8 Å². The molecule has 0 fully saturated rings. The molecule has 0 amide bonds. The van der Waals surface area contributed by atoms with Crippen molar-refractivity contribution in [3.63, 3.8) is 0 Å². The lowest BCUT2D eigenvalue weighted by molar-refractivity contribution is 0.669. The fraction of sp³-hybridized carbons (Fsp3) is 0. The lowest BCUT2D eigenvalue weighted by Crippen LogP contribution is -2.10. The van der Waals surface area contributed by atoms with E-state index in [1.165, 1.54) is 47.6 Å². The molecule has 0 N–H and O–H groups in total. The Morgan fingerprint density at radius 1 is 0.423 bits per heavy atom. The first-order valence-corrected chi connectivity index (χ1v) is 18.4. The smallest absolute Gasteiger partial charge is 0.137 e. The predicted octanol–water partition coefficient (Wildman–Crippen LogP) is 14.2. The fourth-order valence-electron chi connectivity index (χ4n) is 8.06. The molecule has 0 aliphatic rings. The van der Waals surface area contributed by atoms with Crippen LogP contribution in [0.25, 0.3) is 80.7 Å². The molecule has 8 aromatic carbocycles. The molecule has 0 aliphatic heterocycles. The van der Waals surface area contributed by atoms with Crippen LogP contribution >= 0.6 is 11.3 Å². The third-order valence-corrected chi connectivity index (χ3v) is 11.7. The van der Waals surface area contributed by atoms with Gasteiger partial charge in [-0.1, -0.05) is 121 Å². The number of hydrogen-bond donors (Lipinski definition) is 0. The molecular formula is C48H30N2OS. The number of furan rings is 1. The van der Waals surface area contributed by atoms with Gasteiger partial charge in [-0.15, -0.1) is 11.3 Å². The zero-order chi connectivity index (χ0) is 34.2. The number of hydrogen-bond acceptors (Lipinski definition) is 3. The van der Waals surface area contributed by atoms with Gasteiger partial charge in [0.25, 0.3) is 0 Å². The Kier molecular flexibility index (Phi) is 6.42. The minimum Gasteiger partial charge on any atom is -0.456 e. The average Bonchev–Trinajstić information content (AvgIpc) is 3.88. The van der Waals surface area contributed by atoms with E-state index in [1.807, 2.05) is 23.5 Å². The zero-order valence-corrected chi connectivity index (χ0v) is 28.8. The number of thiophene rings is 1.